The first-order chi connectivity index (χ1) is 13.7. The van der Waals surface area contributed by atoms with Crippen LogP contribution in [-0.4, -0.2) is 14.3 Å². The van der Waals surface area contributed by atoms with Crippen molar-refractivity contribution in [1.29, 1.82) is 0 Å². The summed E-state index contributed by atoms with van der Waals surface area (Å²) in [5, 5.41) is 3.34. The number of nitrogens with one attached hydrogen (secondary N) is 2. The lowest BCUT2D eigenvalue weighted by Gasteiger charge is -2.12. The maximum atomic E-state index is 12.6. The maximum Gasteiger partial charge on any atom is 0.261 e. The van der Waals surface area contributed by atoms with Crippen LogP contribution in [0.2, 0.25) is 10.0 Å². The number of sulfonamides is 1. The van der Waals surface area contributed by atoms with Crippen molar-refractivity contribution in [1.82, 2.24) is 0 Å². The van der Waals surface area contributed by atoms with Gasteiger partial charge in [-0.25, -0.2) is 8.42 Å². The molecule has 3 aromatic rings. The molecule has 0 fully saturated rings. The van der Waals surface area contributed by atoms with Crippen LogP contribution in [0.3, 0.4) is 0 Å². The lowest BCUT2D eigenvalue weighted by Crippen LogP contribution is -2.15. The van der Waals surface area contributed by atoms with E-state index in [9.17, 15) is 13.2 Å². The number of benzene rings is 3. The number of hydrogen-bond acceptors (Lipinski definition) is 3. The van der Waals surface area contributed by atoms with Crippen LogP contribution in [0.15, 0.2) is 65.6 Å². The summed E-state index contributed by atoms with van der Waals surface area (Å²) >= 11 is 11.9. The quantitative estimate of drug-likeness (QED) is 0.528. The molecular weight excluding hydrogens is 431 g/mol. The van der Waals surface area contributed by atoms with Crippen molar-refractivity contribution in [3.05, 3.63) is 87.4 Å². The predicted octanol–water partition coefficient (Wildman–Crippen LogP) is 5.66. The molecule has 0 saturated carbocycles. The third kappa shape index (κ3) is 5.09. The highest BCUT2D eigenvalue weighted by Crippen LogP contribution is 2.24. The van der Waals surface area contributed by atoms with Gasteiger partial charge in [0.2, 0.25) is 0 Å². The SMILES string of the molecule is Cc1ccc(NS(=O)(=O)c2ccc(NC(=O)c3ccc(Cl)cc3Cl)cc2)c(C)c1. The number of hydrogen-bond donors (Lipinski definition) is 2. The lowest BCUT2D eigenvalue weighted by atomic mass is 10.1. The molecule has 0 bridgehead atoms. The summed E-state index contributed by atoms with van der Waals surface area (Å²) in [6, 6.07) is 15.9. The van der Waals surface area contributed by atoms with Gasteiger partial charge in [0.05, 0.1) is 21.2 Å². The van der Waals surface area contributed by atoms with Gasteiger partial charge in [-0.05, 0) is 67.9 Å². The van der Waals surface area contributed by atoms with E-state index in [1.165, 1.54) is 36.4 Å². The van der Waals surface area contributed by atoms with Crippen molar-refractivity contribution in [3.63, 3.8) is 0 Å². The molecule has 0 aliphatic heterocycles. The van der Waals surface area contributed by atoms with Gasteiger partial charge < -0.3 is 5.32 Å². The summed E-state index contributed by atoms with van der Waals surface area (Å²) in [5.41, 5.74) is 3.10. The molecule has 0 aromatic heterocycles. The van der Waals surface area contributed by atoms with Gasteiger partial charge in [0.15, 0.2) is 0 Å². The fraction of sp³-hybridized carbons (Fsp3) is 0.0952. The third-order valence-electron chi connectivity index (χ3n) is 4.22. The second kappa shape index (κ2) is 8.45. The van der Waals surface area contributed by atoms with Crippen molar-refractivity contribution in [2.45, 2.75) is 18.7 Å². The smallest absolute Gasteiger partial charge is 0.261 e. The van der Waals surface area contributed by atoms with Crippen LogP contribution in [0.25, 0.3) is 0 Å². The van der Waals surface area contributed by atoms with Gasteiger partial charge in [0, 0.05) is 10.7 Å². The zero-order valence-corrected chi connectivity index (χ0v) is 18.0. The van der Waals surface area contributed by atoms with Crippen LogP contribution in [-0.2, 0) is 10.0 Å². The maximum absolute atomic E-state index is 12.6. The van der Waals surface area contributed by atoms with Gasteiger partial charge >= 0.3 is 0 Å². The molecule has 0 aliphatic carbocycles. The summed E-state index contributed by atoms with van der Waals surface area (Å²) in [7, 11) is -3.76. The minimum absolute atomic E-state index is 0.0833. The fourth-order valence-electron chi connectivity index (χ4n) is 2.72. The molecule has 0 saturated heterocycles. The number of carbonyl (C=O) groups excluding carboxylic acids is 1. The van der Waals surface area contributed by atoms with E-state index in [2.05, 4.69) is 10.0 Å². The Morgan fingerprint density at radius 3 is 2.21 bits per heavy atom. The van der Waals surface area contributed by atoms with Crippen LogP contribution in [0, 0.1) is 13.8 Å². The van der Waals surface area contributed by atoms with Crippen LogP contribution in [0.5, 0.6) is 0 Å². The molecule has 5 nitrogen and oxygen atoms in total. The number of amides is 1. The number of anilines is 2. The Morgan fingerprint density at radius 1 is 0.897 bits per heavy atom. The van der Waals surface area contributed by atoms with Gasteiger partial charge in [-0.1, -0.05) is 40.9 Å². The summed E-state index contributed by atoms with van der Waals surface area (Å²) < 4.78 is 27.9. The molecule has 1 amide bonds. The van der Waals surface area contributed by atoms with Gasteiger partial charge in [-0.15, -0.1) is 0 Å². The summed E-state index contributed by atoms with van der Waals surface area (Å²) in [4.78, 5) is 12.4. The highest BCUT2D eigenvalue weighted by Gasteiger charge is 2.16. The molecule has 2 N–H and O–H groups in total. The number of carbonyl (C=O) groups is 1. The largest absolute Gasteiger partial charge is 0.322 e. The Morgan fingerprint density at radius 2 is 1.59 bits per heavy atom. The van der Waals surface area contributed by atoms with Crippen LogP contribution in [0.4, 0.5) is 11.4 Å². The van der Waals surface area contributed by atoms with Crippen molar-refractivity contribution in [3.8, 4) is 0 Å². The first-order valence-electron chi connectivity index (χ1n) is 8.62. The second-order valence-electron chi connectivity index (χ2n) is 6.53. The summed E-state index contributed by atoms with van der Waals surface area (Å²) in [5.74, 6) is -0.421. The molecule has 0 unspecified atom stereocenters. The monoisotopic (exact) mass is 448 g/mol. The first kappa shape index (κ1) is 21.2. The van der Waals surface area contributed by atoms with Crippen LogP contribution in [0.1, 0.15) is 21.5 Å². The number of rotatable bonds is 5. The van der Waals surface area contributed by atoms with E-state index in [1.807, 2.05) is 26.0 Å². The number of halogens is 2. The summed E-state index contributed by atoms with van der Waals surface area (Å²) in [6.07, 6.45) is 0. The molecule has 0 aliphatic rings. The number of aryl methyl sites for hydroxylation is 2. The molecule has 8 heteroatoms. The Labute approximate surface area is 179 Å². The topological polar surface area (TPSA) is 75.3 Å². The Balaban J connectivity index is 1.76. The van der Waals surface area contributed by atoms with E-state index in [-0.39, 0.29) is 15.5 Å². The van der Waals surface area contributed by atoms with Gasteiger partial charge in [0.1, 0.15) is 0 Å². The molecule has 3 rings (SSSR count). The minimum atomic E-state index is -3.76. The normalized spacial score (nSPS) is 11.2. The zero-order chi connectivity index (χ0) is 21.2. The highest BCUT2D eigenvalue weighted by molar-refractivity contribution is 7.92. The Hall–Kier alpha value is -2.54. The molecular formula is C21H18Cl2N2O3S. The van der Waals surface area contributed by atoms with E-state index in [1.54, 1.807) is 12.1 Å². The molecule has 150 valence electrons. The van der Waals surface area contributed by atoms with Gasteiger partial charge in [-0.2, -0.15) is 0 Å². The van der Waals surface area contributed by atoms with Crippen molar-refractivity contribution >= 4 is 50.5 Å². The van der Waals surface area contributed by atoms with Gasteiger partial charge in [-0.3, -0.25) is 9.52 Å². The Bertz CT molecular complexity index is 1180. The second-order valence-corrected chi connectivity index (χ2v) is 9.05. The van der Waals surface area contributed by atoms with Crippen LogP contribution < -0.4 is 10.0 Å². The van der Waals surface area contributed by atoms with Crippen molar-refractivity contribution < 1.29 is 13.2 Å². The Kier molecular flexibility index (Phi) is 6.17. The fourth-order valence-corrected chi connectivity index (χ4v) is 4.35. The van der Waals surface area contributed by atoms with E-state index in [4.69, 9.17) is 23.2 Å². The van der Waals surface area contributed by atoms with E-state index >= 15 is 0 Å². The van der Waals surface area contributed by atoms with Crippen molar-refractivity contribution in [2.24, 2.45) is 0 Å². The van der Waals surface area contributed by atoms with Gasteiger partial charge in [0.25, 0.3) is 15.9 Å². The van der Waals surface area contributed by atoms with E-state index < -0.39 is 15.9 Å². The highest BCUT2D eigenvalue weighted by atomic mass is 35.5. The standard InChI is InChI=1S/C21H18Cl2N2O3S/c1-13-3-10-20(14(2)11-13)25-29(27,28)17-7-5-16(6-8-17)24-21(26)18-9-4-15(22)12-19(18)23/h3-12,25H,1-2H3,(H,24,26). The van der Waals surface area contributed by atoms with E-state index in [0.29, 0.717) is 16.4 Å². The van der Waals surface area contributed by atoms with Crippen molar-refractivity contribution in [2.75, 3.05) is 10.0 Å². The first-order valence-corrected chi connectivity index (χ1v) is 10.9. The summed E-state index contributed by atoms with van der Waals surface area (Å²) in [6.45, 7) is 3.78. The molecule has 0 spiro atoms. The molecule has 29 heavy (non-hydrogen) atoms. The molecule has 3 aromatic carbocycles. The zero-order valence-electron chi connectivity index (χ0n) is 15.7. The van der Waals surface area contributed by atoms with Crippen LogP contribution >= 0.6 is 23.2 Å². The molecule has 0 radical (unpaired) electrons. The van der Waals surface area contributed by atoms with E-state index in [0.717, 1.165) is 11.1 Å². The average molecular weight is 449 g/mol. The average Bonchev–Trinajstić information content (AvgIpc) is 2.64. The third-order valence-corrected chi connectivity index (χ3v) is 6.15. The molecule has 0 heterocycles. The minimum Gasteiger partial charge on any atom is -0.322 e. The lowest BCUT2D eigenvalue weighted by molar-refractivity contribution is 0.102. The molecule has 0 atom stereocenters. The predicted molar refractivity (Wildman–Crippen MR) is 118 cm³/mol.